The van der Waals surface area contributed by atoms with E-state index in [9.17, 15) is 4.79 Å². The van der Waals surface area contributed by atoms with Crippen LogP contribution in [0, 0.1) is 0 Å². The fourth-order valence-corrected chi connectivity index (χ4v) is 3.70. The highest BCUT2D eigenvalue weighted by Crippen LogP contribution is 2.30. The lowest BCUT2D eigenvalue weighted by Crippen LogP contribution is -2.40. The molecule has 3 nitrogen and oxygen atoms in total. The molecule has 104 valence electrons. The Morgan fingerprint density at radius 1 is 1.32 bits per heavy atom. The standard InChI is InChI=1S/C14H20N2OS2/c1-11(2)19-13-6-4-3-5-12(13)15-14(17)16-7-9-18-10-8-16/h3-6,11H,7-10H2,1-2H3,(H,15,17). The van der Waals surface area contributed by atoms with E-state index in [0.29, 0.717) is 5.25 Å². The molecule has 0 radical (unpaired) electrons. The normalized spacial score (nSPS) is 15.6. The number of para-hydroxylation sites is 1. The Balaban J connectivity index is 2.03. The summed E-state index contributed by atoms with van der Waals surface area (Å²) in [5.41, 5.74) is 0.921. The van der Waals surface area contributed by atoms with Crippen molar-refractivity contribution in [2.24, 2.45) is 0 Å². The van der Waals surface area contributed by atoms with Crippen LogP contribution in [0.3, 0.4) is 0 Å². The van der Waals surface area contributed by atoms with E-state index in [1.165, 1.54) is 0 Å². The molecule has 1 saturated heterocycles. The highest BCUT2D eigenvalue weighted by molar-refractivity contribution is 8.00. The third kappa shape index (κ3) is 4.35. The van der Waals surface area contributed by atoms with E-state index in [4.69, 9.17) is 0 Å². The van der Waals surface area contributed by atoms with Crippen LogP contribution in [0.4, 0.5) is 10.5 Å². The Hall–Kier alpha value is -0.810. The molecule has 1 aromatic carbocycles. The molecule has 0 aromatic heterocycles. The van der Waals surface area contributed by atoms with Crippen molar-refractivity contribution in [1.82, 2.24) is 4.90 Å². The number of anilines is 1. The van der Waals surface area contributed by atoms with Gasteiger partial charge < -0.3 is 10.2 Å². The molecule has 0 atom stereocenters. The number of amides is 2. The second kappa shape index (κ2) is 7.10. The zero-order valence-corrected chi connectivity index (χ0v) is 13.0. The van der Waals surface area contributed by atoms with Gasteiger partial charge in [-0.25, -0.2) is 4.79 Å². The molecule has 0 bridgehead atoms. The van der Waals surface area contributed by atoms with Gasteiger partial charge in [0.2, 0.25) is 0 Å². The van der Waals surface area contributed by atoms with E-state index in [-0.39, 0.29) is 6.03 Å². The van der Waals surface area contributed by atoms with Gasteiger partial charge in [0.05, 0.1) is 5.69 Å². The van der Waals surface area contributed by atoms with Crippen molar-refractivity contribution in [3.8, 4) is 0 Å². The van der Waals surface area contributed by atoms with Crippen LogP contribution in [-0.2, 0) is 0 Å². The fraction of sp³-hybridized carbons (Fsp3) is 0.500. The number of hydrogen-bond donors (Lipinski definition) is 1. The van der Waals surface area contributed by atoms with Crippen LogP contribution < -0.4 is 5.32 Å². The molecule has 1 heterocycles. The summed E-state index contributed by atoms with van der Waals surface area (Å²) in [6, 6.07) is 8.04. The van der Waals surface area contributed by atoms with Gasteiger partial charge in [-0.05, 0) is 12.1 Å². The second-order valence-corrected chi connectivity index (χ2v) is 7.54. The van der Waals surface area contributed by atoms with Gasteiger partial charge in [0, 0.05) is 34.7 Å². The molecule has 19 heavy (non-hydrogen) atoms. The number of thioether (sulfide) groups is 2. The van der Waals surface area contributed by atoms with Crippen molar-refractivity contribution in [3.63, 3.8) is 0 Å². The molecule has 1 N–H and O–H groups in total. The molecular formula is C14H20N2OS2. The van der Waals surface area contributed by atoms with Crippen molar-refractivity contribution >= 4 is 35.2 Å². The van der Waals surface area contributed by atoms with Gasteiger partial charge in [-0.1, -0.05) is 26.0 Å². The summed E-state index contributed by atoms with van der Waals surface area (Å²) in [5.74, 6) is 2.08. The maximum atomic E-state index is 12.2. The molecule has 1 fully saturated rings. The maximum Gasteiger partial charge on any atom is 0.321 e. The van der Waals surface area contributed by atoms with Gasteiger partial charge in [0.25, 0.3) is 0 Å². The summed E-state index contributed by atoms with van der Waals surface area (Å²) in [5, 5.41) is 3.55. The van der Waals surface area contributed by atoms with Crippen LogP contribution in [0.2, 0.25) is 0 Å². The van der Waals surface area contributed by atoms with E-state index in [2.05, 4.69) is 25.2 Å². The smallest absolute Gasteiger partial charge is 0.321 e. The number of carbonyl (C=O) groups excluding carboxylic acids is 1. The molecule has 1 aliphatic heterocycles. The lowest BCUT2D eigenvalue weighted by atomic mass is 10.3. The summed E-state index contributed by atoms with van der Waals surface area (Å²) in [6.45, 7) is 6.00. The first-order valence-electron chi connectivity index (χ1n) is 6.56. The number of hydrogen-bond acceptors (Lipinski definition) is 3. The van der Waals surface area contributed by atoms with E-state index in [1.54, 1.807) is 11.8 Å². The van der Waals surface area contributed by atoms with Crippen LogP contribution >= 0.6 is 23.5 Å². The van der Waals surface area contributed by atoms with Crippen LogP contribution in [0.5, 0.6) is 0 Å². The van der Waals surface area contributed by atoms with Crippen LogP contribution in [-0.4, -0.2) is 40.8 Å². The molecular weight excluding hydrogens is 276 g/mol. The van der Waals surface area contributed by atoms with Crippen molar-refractivity contribution < 1.29 is 4.79 Å². The predicted molar refractivity (Wildman–Crippen MR) is 85.4 cm³/mol. The van der Waals surface area contributed by atoms with Crippen LogP contribution in [0.25, 0.3) is 0 Å². The van der Waals surface area contributed by atoms with Crippen molar-refractivity contribution in [1.29, 1.82) is 0 Å². The number of nitrogens with one attached hydrogen (secondary N) is 1. The average molecular weight is 296 g/mol. The van der Waals surface area contributed by atoms with Crippen molar-refractivity contribution in [2.75, 3.05) is 29.9 Å². The lowest BCUT2D eigenvalue weighted by molar-refractivity contribution is 0.217. The number of benzene rings is 1. The highest BCUT2D eigenvalue weighted by atomic mass is 32.2. The Bertz CT molecular complexity index is 431. The molecule has 2 rings (SSSR count). The summed E-state index contributed by atoms with van der Waals surface area (Å²) in [7, 11) is 0. The number of carbonyl (C=O) groups is 1. The number of urea groups is 1. The lowest BCUT2D eigenvalue weighted by Gasteiger charge is -2.27. The minimum atomic E-state index is 0.0251. The summed E-state index contributed by atoms with van der Waals surface area (Å²) in [4.78, 5) is 15.2. The van der Waals surface area contributed by atoms with Gasteiger partial charge in [0.15, 0.2) is 0 Å². The SMILES string of the molecule is CC(C)Sc1ccccc1NC(=O)N1CCSCC1. The summed E-state index contributed by atoms with van der Waals surface area (Å²) in [6.07, 6.45) is 0. The molecule has 1 aliphatic rings. The summed E-state index contributed by atoms with van der Waals surface area (Å²) < 4.78 is 0. The van der Waals surface area contributed by atoms with Gasteiger partial charge >= 0.3 is 6.03 Å². The summed E-state index contributed by atoms with van der Waals surface area (Å²) >= 11 is 3.68. The highest BCUT2D eigenvalue weighted by Gasteiger charge is 2.17. The van der Waals surface area contributed by atoms with E-state index in [0.717, 1.165) is 35.2 Å². The maximum absolute atomic E-state index is 12.2. The average Bonchev–Trinajstić information content (AvgIpc) is 2.41. The third-order valence-corrected chi connectivity index (χ3v) is 4.81. The van der Waals surface area contributed by atoms with Crippen molar-refractivity contribution in [2.45, 2.75) is 24.0 Å². The number of nitrogens with zero attached hydrogens (tertiary/aromatic N) is 1. The van der Waals surface area contributed by atoms with Crippen LogP contribution in [0.1, 0.15) is 13.8 Å². The zero-order valence-electron chi connectivity index (χ0n) is 11.4. The van der Waals surface area contributed by atoms with E-state index in [1.807, 2.05) is 34.9 Å². The van der Waals surface area contributed by atoms with E-state index < -0.39 is 0 Å². The first-order chi connectivity index (χ1) is 9.16. The largest absolute Gasteiger partial charge is 0.323 e. The number of rotatable bonds is 3. The molecule has 1 aromatic rings. The van der Waals surface area contributed by atoms with Crippen LogP contribution in [0.15, 0.2) is 29.2 Å². The minimum Gasteiger partial charge on any atom is -0.323 e. The fourth-order valence-electron chi connectivity index (χ4n) is 1.89. The van der Waals surface area contributed by atoms with Gasteiger partial charge in [-0.2, -0.15) is 11.8 Å². The first-order valence-corrected chi connectivity index (χ1v) is 8.59. The van der Waals surface area contributed by atoms with Gasteiger partial charge in [-0.3, -0.25) is 0 Å². The monoisotopic (exact) mass is 296 g/mol. The van der Waals surface area contributed by atoms with E-state index >= 15 is 0 Å². The van der Waals surface area contributed by atoms with Gasteiger partial charge in [0.1, 0.15) is 0 Å². The molecule has 0 unspecified atom stereocenters. The zero-order chi connectivity index (χ0) is 13.7. The molecule has 2 amide bonds. The Morgan fingerprint density at radius 3 is 2.68 bits per heavy atom. The topological polar surface area (TPSA) is 32.3 Å². The Kier molecular flexibility index (Phi) is 5.45. The minimum absolute atomic E-state index is 0.0251. The third-order valence-electron chi connectivity index (χ3n) is 2.79. The first kappa shape index (κ1) is 14.6. The Labute approximate surface area is 123 Å². The molecule has 0 spiro atoms. The molecule has 0 saturated carbocycles. The second-order valence-electron chi connectivity index (χ2n) is 4.69. The predicted octanol–water partition coefficient (Wildman–Crippen LogP) is 3.77. The Morgan fingerprint density at radius 2 is 2.00 bits per heavy atom. The van der Waals surface area contributed by atoms with Gasteiger partial charge in [-0.15, -0.1) is 11.8 Å². The molecule has 0 aliphatic carbocycles. The van der Waals surface area contributed by atoms with Crippen molar-refractivity contribution in [3.05, 3.63) is 24.3 Å². The quantitative estimate of drug-likeness (QED) is 0.862. The molecule has 5 heteroatoms.